The molecule has 0 spiro atoms. The molecule has 11 heteroatoms. The van der Waals surface area contributed by atoms with Gasteiger partial charge in [-0.15, -0.1) is 5.10 Å². The molecule has 0 saturated carbocycles. The van der Waals surface area contributed by atoms with Gasteiger partial charge in [-0.3, -0.25) is 4.79 Å². The molecule has 4 rings (SSSR count). The van der Waals surface area contributed by atoms with Crippen molar-refractivity contribution >= 4 is 34.7 Å². The van der Waals surface area contributed by atoms with Crippen molar-refractivity contribution in [1.82, 2.24) is 9.78 Å². The number of benzene rings is 2. The minimum absolute atomic E-state index is 0.0204. The van der Waals surface area contributed by atoms with Gasteiger partial charge in [-0.05, 0) is 76.6 Å². The molecule has 0 aliphatic heterocycles. The number of ketones is 1. The van der Waals surface area contributed by atoms with Crippen molar-refractivity contribution in [3.8, 4) is 11.4 Å². The minimum Gasteiger partial charge on any atom is -0.511 e. The molecule has 1 N–H and O–H groups in total. The van der Waals surface area contributed by atoms with Crippen molar-refractivity contribution in [2.45, 2.75) is 106 Å². The molecule has 1 aromatic heterocycles. The monoisotopic (exact) mass is 673 g/mol. The third kappa shape index (κ3) is 8.82. The molecule has 3 aromatic rings. The molecule has 2 aromatic carbocycles. The number of halogens is 2. The lowest BCUT2D eigenvalue weighted by Crippen LogP contribution is -2.24. The Labute approximate surface area is 281 Å². The Bertz CT molecular complexity index is 1670. The van der Waals surface area contributed by atoms with E-state index in [0.717, 1.165) is 4.68 Å². The van der Waals surface area contributed by atoms with Crippen LogP contribution in [0.4, 0.5) is 0 Å². The summed E-state index contributed by atoms with van der Waals surface area (Å²) >= 11 is 12.3. The van der Waals surface area contributed by atoms with Crippen LogP contribution in [0.5, 0.6) is 5.75 Å². The fourth-order valence-corrected chi connectivity index (χ4v) is 5.96. The Morgan fingerprint density at radius 2 is 1.70 bits per heavy atom. The van der Waals surface area contributed by atoms with E-state index in [4.69, 9.17) is 37.2 Å². The number of ether oxygens (including phenoxy) is 1. The number of Topliss-reactive ketones (excluding diaryl/α,β-unsaturated/α-hetero) is 1. The maximum atomic E-state index is 12.7. The second-order valence-corrected chi connectivity index (χ2v) is 13.5. The first-order valence-electron chi connectivity index (χ1n) is 15.5. The van der Waals surface area contributed by atoms with Crippen LogP contribution in [-0.2, 0) is 15.0 Å². The van der Waals surface area contributed by atoms with Crippen molar-refractivity contribution < 1.29 is 23.9 Å². The molecule has 0 fully saturated rings. The summed E-state index contributed by atoms with van der Waals surface area (Å²) in [6, 6.07) is 7.38. The number of hydrogen-bond acceptors (Lipinski definition) is 8. The molecule has 0 amide bonds. The summed E-state index contributed by atoms with van der Waals surface area (Å²) < 4.78 is 11.9. The van der Waals surface area contributed by atoms with Crippen molar-refractivity contribution in [2.24, 2.45) is 5.16 Å². The number of hydrogen-bond donors (Lipinski definition) is 1. The standard InChI is InChI=1S/C20H27NO3.C15H18Cl2N2O3/c1-6-16(21-24-7-2)20-17(22)10-15(11-18(20)23)19-13(4)8-12(3)9-14(19)5;1-8(2)21-12-7-11(9(16)6-10(12)17)19-14(20)22-13(18-19)15(3,4)5/h8-9,15,22H,6-7,10-11H2,1-5H3;6-8H,1-5H3/b21-16+;. The smallest absolute Gasteiger partial charge is 0.442 e. The Morgan fingerprint density at radius 1 is 1.07 bits per heavy atom. The molecule has 9 nitrogen and oxygen atoms in total. The van der Waals surface area contributed by atoms with E-state index in [1.165, 1.54) is 28.3 Å². The van der Waals surface area contributed by atoms with Gasteiger partial charge in [0, 0.05) is 24.3 Å². The number of carbonyl (C=O) groups excluding carboxylic acids is 1. The fourth-order valence-electron chi connectivity index (χ4n) is 5.45. The van der Waals surface area contributed by atoms with Gasteiger partial charge in [-0.25, -0.2) is 4.79 Å². The van der Waals surface area contributed by atoms with Crippen LogP contribution >= 0.6 is 23.2 Å². The summed E-state index contributed by atoms with van der Waals surface area (Å²) in [6.45, 7) is 19.9. The average Bonchev–Trinajstić information content (AvgIpc) is 3.33. The summed E-state index contributed by atoms with van der Waals surface area (Å²) in [6.07, 6.45) is 1.36. The number of allylic oxidation sites excluding steroid dienone is 2. The molecular formula is C35H45Cl2N3O6. The highest BCUT2D eigenvalue weighted by atomic mass is 35.5. The van der Waals surface area contributed by atoms with E-state index in [9.17, 15) is 14.7 Å². The second-order valence-electron chi connectivity index (χ2n) is 12.7. The van der Waals surface area contributed by atoms with E-state index in [1.807, 2.05) is 48.5 Å². The maximum Gasteiger partial charge on any atom is 0.442 e. The van der Waals surface area contributed by atoms with E-state index in [1.54, 1.807) is 6.07 Å². The highest BCUT2D eigenvalue weighted by Crippen LogP contribution is 2.38. The zero-order valence-electron chi connectivity index (χ0n) is 28.4. The summed E-state index contributed by atoms with van der Waals surface area (Å²) in [4.78, 5) is 29.8. The van der Waals surface area contributed by atoms with Gasteiger partial charge in [-0.1, -0.05) is 73.7 Å². The third-order valence-corrected chi connectivity index (χ3v) is 7.89. The Hall–Kier alpha value is -3.56. The second kappa shape index (κ2) is 15.4. The summed E-state index contributed by atoms with van der Waals surface area (Å²) in [5.41, 5.74) is 5.62. The molecule has 46 heavy (non-hydrogen) atoms. The minimum atomic E-state index is -0.607. The van der Waals surface area contributed by atoms with Gasteiger partial charge in [0.2, 0.25) is 5.89 Å². The van der Waals surface area contributed by atoms with E-state index in [-0.39, 0.29) is 34.0 Å². The van der Waals surface area contributed by atoms with Gasteiger partial charge >= 0.3 is 5.76 Å². The highest BCUT2D eigenvalue weighted by Gasteiger charge is 2.32. The van der Waals surface area contributed by atoms with E-state index < -0.39 is 5.76 Å². The number of oxime groups is 1. The quantitative estimate of drug-likeness (QED) is 0.187. The van der Waals surface area contributed by atoms with Crippen LogP contribution in [0.3, 0.4) is 0 Å². The average molecular weight is 675 g/mol. The van der Waals surface area contributed by atoms with Crippen LogP contribution in [0.1, 0.15) is 102 Å². The van der Waals surface area contributed by atoms with E-state index >= 15 is 0 Å². The third-order valence-electron chi connectivity index (χ3n) is 7.29. The molecule has 1 atom stereocenters. The number of carbonyl (C=O) groups is 1. The van der Waals surface area contributed by atoms with Crippen LogP contribution in [0.2, 0.25) is 10.0 Å². The molecule has 0 radical (unpaired) electrons. The van der Waals surface area contributed by atoms with Gasteiger partial charge in [0.05, 0.1) is 33.1 Å². The summed E-state index contributed by atoms with van der Waals surface area (Å²) in [7, 11) is 0. The van der Waals surface area contributed by atoms with Crippen LogP contribution in [-0.4, -0.2) is 39.1 Å². The number of aliphatic hydroxyl groups excluding tert-OH is 1. The topological polar surface area (TPSA) is 116 Å². The molecule has 0 saturated heterocycles. The van der Waals surface area contributed by atoms with Crippen LogP contribution in [0, 0.1) is 20.8 Å². The summed E-state index contributed by atoms with van der Waals surface area (Å²) in [5.74, 6) is 0.258. The molecular weight excluding hydrogens is 629 g/mol. The number of nitrogens with zero attached hydrogens (tertiary/aromatic N) is 3. The Kier molecular flexibility index (Phi) is 12.3. The Balaban J connectivity index is 0.000000251. The van der Waals surface area contributed by atoms with E-state index in [0.29, 0.717) is 59.5 Å². The van der Waals surface area contributed by atoms with Crippen molar-refractivity contribution in [3.05, 3.63) is 84.3 Å². The molecule has 250 valence electrons. The molecule has 1 heterocycles. The fraction of sp³-hybridized carbons (Fsp3) is 0.486. The van der Waals surface area contributed by atoms with Gasteiger partial charge in [0.1, 0.15) is 18.1 Å². The number of rotatable bonds is 8. The van der Waals surface area contributed by atoms with Crippen molar-refractivity contribution in [3.63, 3.8) is 0 Å². The molecule has 1 unspecified atom stereocenters. The lowest BCUT2D eigenvalue weighted by atomic mass is 9.78. The van der Waals surface area contributed by atoms with Crippen LogP contribution in [0.25, 0.3) is 5.69 Å². The SMILES string of the molecule is CC(C)Oc1cc(-n2nc(C(C)(C)C)oc2=O)c(Cl)cc1Cl.CCO/N=C(\CC)C1=C(O)CC(c2c(C)cc(C)cc2C)CC1=O. The van der Waals surface area contributed by atoms with Crippen LogP contribution in [0.15, 0.2) is 50.0 Å². The normalized spacial score (nSPS) is 15.6. The highest BCUT2D eigenvalue weighted by molar-refractivity contribution is 6.36. The zero-order chi connectivity index (χ0) is 34.5. The van der Waals surface area contributed by atoms with E-state index in [2.05, 4.69) is 43.2 Å². The number of aromatic nitrogens is 2. The first kappa shape index (κ1) is 36.9. The molecule has 1 aliphatic rings. The molecule has 0 bridgehead atoms. The van der Waals surface area contributed by atoms with Crippen molar-refractivity contribution in [2.75, 3.05) is 6.61 Å². The molecule has 1 aliphatic carbocycles. The number of aliphatic hydroxyl groups is 1. The summed E-state index contributed by atoms with van der Waals surface area (Å²) in [5, 5.41) is 19.4. The first-order chi connectivity index (χ1) is 21.5. The predicted octanol–water partition coefficient (Wildman–Crippen LogP) is 8.89. The lowest BCUT2D eigenvalue weighted by molar-refractivity contribution is -0.116. The van der Waals surface area contributed by atoms with Crippen LogP contribution < -0.4 is 10.5 Å². The lowest BCUT2D eigenvalue weighted by Gasteiger charge is -2.27. The predicted molar refractivity (Wildman–Crippen MR) is 183 cm³/mol. The first-order valence-corrected chi connectivity index (χ1v) is 16.2. The van der Waals surface area contributed by atoms with Gasteiger partial charge in [-0.2, -0.15) is 4.68 Å². The van der Waals surface area contributed by atoms with Gasteiger partial charge in [0.15, 0.2) is 5.78 Å². The zero-order valence-corrected chi connectivity index (χ0v) is 29.9. The van der Waals surface area contributed by atoms with Gasteiger partial charge < -0.3 is 19.1 Å². The maximum absolute atomic E-state index is 12.7. The largest absolute Gasteiger partial charge is 0.511 e. The Morgan fingerprint density at radius 3 is 2.20 bits per heavy atom. The number of aryl methyl sites for hydroxylation is 3. The van der Waals surface area contributed by atoms with Gasteiger partial charge in [0.25, 0.3) is 0 Å². The van der Waals surface area contributed by atoms with Crippen molar-refractivity contribution in [1.29, 1.82) is 0 Å².